The Balaban J connectivity index is 1.40. The fourth-order valence-corrected chi connectivity index (χ4v) is 6.73. The molecule has 1 aromatic heterocycles. The molecule has 1 saturated carbocycles. The van der Waals surface area contributed by atoms with Crippen LogP contribution in [0.5, 0.6) is 23.0 Å². The average Bonchev–Trinajstić information content (AvgIpc) is 3.44. The lowest BCUT2D eigenvalue weighted by Gasteiger charge is -2.55. The Morgan fingerprint density at radius 1 is 1.09 bits per heavy atom. The third kappa shape index (κ3) is 6.03. The van der Waals surface area contributed by atoms with Crippen molar-refractivity contribution >= 4 is 0 Å². The van der Waals surface area contributed by atoms with Crippen molar-refractivity contribution < 1.29 is 24.8 Å². The number of aromatic nitrogens is 3. The highest BCUT2D eigenvalue weighted by Gasteiger charge is 2.54. The van der Waals surface area contributed by atoms with Gasteiger partial charge in [-0.25, -0.2) is 4.68 Å². The number of aliphatic hydroxyl groups is 1. The minimum Gasteiger partial charge on any atom is -0.507 e. The van der Waals surface area contributed by atoms with Gasteiger partial charge in [0.2, 0.25) is 0 Å². The molecule has 3 aromatic rings. The van der Waals surface area contributed by atoms with E-state index in [-0.39, 0.29) is 34.5 Å². The largest absolute Gasteiger partial charge is 0.507 e. The summed E-state index contributed by atoms with van der Waals surface area (Å²) in [7, 11) is 1.63. The summed E-state index contributed by atoms with van der Waals surface area (Å²) in [4.78, 5) is 0. The first-order chi connectivity index (χ1) is 20.3. The van der Waals surface area contributed by atoms with Crippen LogP contribution in [0.15, 0.2) is 53.8 Å². The number of hydrogen-bond acceptors (Lipinski definition) is 7. The Bertz CT molecular complexity index is 1540. The summed E-state index contributed by atoms with van der Waals surface area (Å²) in [6, 6.07) is 7.16. The molecule has 3 N–H and O–H groups in total. The lowest BCUT2D eigenvalue weighted by atomic mass is 9.57. The maximum absolute atomic E-state index is 10.8. The zero-order valence-corrected chi connectivity index (χ0v) is 26.4. The molecule has 1 aliphatic carbocycles. The van der Waals surface area contributed by atoms with Gasteiger partial charge in [-0.2, -0.15) is 0 Å². The highest BCUT2D eigenvalue weighted by molar-refractivity contribution is 5.66. The lowest BCUT2D eigenvalue weighted by Crippen LogP contribution is -2.58. The number of rotatable bonds is 8. The van der Waals surface area contributed by atoms with Crippen LogP contribution in [0.4, 0.5) is 0 Å². The lowest BCUT2D eigenvalue weighted by molar-refractivity contribution is -0.138. The summed E-state index contributed by atoms with van der Waals surface area (Å²) >= 11 is 0. The molecule has 8 nitrogen and oxygen atoms in total. The van der Waals surface area contributed by atoms with E-state index in [9.17, 15) is 15.3 Å². The number of aromatic hydroxyl groups is 2. The van der Waals surface area contributed by atoms with E-state index >= 15 is 0 Å². The summed E-state index contributed by atoms with van der Waals surface area (Å²) in [6.07, 6.45) is 10.2. The fourth-order valence-electron chi connectivity index (χ4n) is 6.73. The molecule has 5 rings (SSSR count). The second kappa shape index (κ2) is 11.7. The van der Waals surface area contributed by atoms with Crippen molar-refractivity contribution in [3.05, 3.63) is 64.9 Å². The van der Waals surface area contributed by atoms with E-state index in [0.29, 0.717) is 35.4 Å². The number of allylic oxidation sites excluding steroid dienone is 4. The monoisotopic (exact) mass is 587 g/mol. The summed E-state index contributed by atoms with van der Waals surface area (Å²) in [6.45, 7) is 12.6. The summed E-state index contributed by atoms with van der Waals surface area (Å²) in [5.41, 5.74) is 5.15. The molecule has 230 valence electrons. The molecule has 0 saturated heterocycles. The highest BCUT2D eigenvalue weighted by Crippen LogP contribution is 2.55. The third-order valence-corrected chi connectivity index (χ3v) is 9.51. The van der Waals surface area contributed by atoms with Crippen molar-refractivity contribution in [2.45, 2.75) is 91.8 Å². The molecule has 3 atom stereocenters. The van der Waals surface area contributed by atoms with Gasteiger partial charge in [0, 0.05) is 28.7 Å². The van der Waals surface area contributed by atoms with Crippen LogP contribution in [0, 0.1) is 11.3 Å². The summed E-state index contributed by atoms with van der Waals surface area (Å²) < 4.78 is 14.1. The van der Waals surface area contributed by atoms with Crippen molar-refractivity contribution in [3.8, 4) is 39.9 Å². The number of fused-ring (bicyclic) bond motifs is 2. The number of nitrogens with zero attached hydrogens (tertiary/aromatic N) is 3. The van der Waals surface area contributed by atoms with Crippen LogP contribution in [-0.2, 0) is 12.8 Å². The normalized spacial score (nSPS) is 22.7. The van der Waals surface area contributed by atoms with Gasteiger partial charge >= 0.3 is 0 Å². The number of hydrogen-bond donors (Lipinski definition) is 3. The second-order valence-corrected chi connectivity index (χ2v) is 13.3. The smallest absolute Gasteiger partial charge is 0.165 e. The Labute approximate surface area is 254 Å². The molecule has 0 unspecified atom stereocenters. The molecule has 2 aliphatic rings. The quantitative estimate of drug-likeness (QED) is 0.242. The van der Waals surface area contributed by atoms with E-state index in [1.165, 1.54) is 11.1 Å². The highest BCUT2D eigenvalue weighted by atomic mass is 16.5. The number of phenols is 2. The number of ether oxygens (including phenoxy) is 2. The van der Waals surface area contributed by atoms with Crippen LogP contribution >= 0.6 is 0 Å². The van der Waals surface area contributed by atoms with E-state index in [2.05, 4.69) is 64.0 Å². The molecule has 1 aliphatic heterocycles. The predicted molar refractivity (Wildman–Crippen MR) is 168 cm³/mol. The molecule has 43 heavy (non-hydrogen) atoms. The van der Waals surface area contributed by atoms with Crippen LogP contribution < -0.4 is 9.47 Å². The van der Waals surface area contributed by atoms with Crippen LogP contribution in [0.3, 0.4) is 0 Å². The molecule has 0 amide bonds. The molecule has 2 heterocycles. The molecule has 8 heteroatoms. The van der Waals surface area contributed by atoms with E-state index in [1.54, 1.807) is 30.1 Å². The van der Waals surface area contributed by atoms with Crippen molar-refractivity contribution in [1.82, 2.24) is 15.0 Å². The van der Waals surface area contributed by atoms with Crippen molar-refractivity contribution in [2.75, 3.05) is 7.11 Å². The molecule has 1 fully saturated rings. The average molecular weight is 588 g/mol. The first-order valence-electron chi connectivity index (χ1n) is 15.2. The first kappa shape index (κ1) is 30.7. The van der Waals surface area contributed by atoms with E-state index in [0.717, 1.165) is 42.7 Å². The maximum Gasteiger partial charge on any atom is 0.165 e. The van der Waals surface area contributed by atoms with Crippen LogP contribution in [-0.4, -0.2) is 49.1 Å². The number of benzene rings is 2. The number of phenolic OH excluding ortho intramolecular Hbond substituents is 2. The molecular weight excluding hydrogens is 542 g/mol. The van der Waals surface area contributed by atoms with Crippen LogP contribution in [0.1, 0.15) is 78.4 Å². The molecule has 0 spiro atoms. The minimum atomic E-state index is -0.388. The topological polar surface area (TPSA) is 110 Å². The van der Waals surface area contributed by atoms with E-state index in [4.69, 9.17) is 9.47 Å². The van der Waals surface area contributed by atoms with E-state index in [1.807, 2.05) is 12.1 Å². The van der Waals surface area contributed by atoms with Crippen LogP contribution in [0.25, 0.3) is 16.9 Å². The standard InChI is InChI=1S/C35H45N3O5/c1-21(2)9-8-10-22(3)11-12-26-28(39)16-23(17-29(26)40)27-20-38(37-36-27)25-15-24-18-31-34(4,5)32(41)13-14-35(31,6)43-33(24)30(19-25)42-7/h9,11,15-17,19-20,31-32,39-41H,8,10,12-14,18H2,1-7H3/b22-11+/t31-,32-,35-/m1/s1. The Hall–Kier alpha value is -3.78. The van der Waals surface area contributed by atoms with Crippen molar-refractivity contribution in [1.29, 1.82) is 0 Å². The minimum absolute atomic E-state index is 0.0193. The Morgan fingerprint density at radius 2 is 1.81 bits per heavy atom. The zero-order chi connectivity index (χ0) is 31.1. The number of methoxy groups -OCH3 is 1. The van der Waals surface area contributed by atoms with Gasteiger partial charge in [0.25, 0.3) is 0 Å². The third-order valence-electron chi connectivity index (χ3n) is 9.51. The molecular formula is C35H45N3O5. The van der Waals surface area contributed by atoms with Crippen molar-refractivity contribution in [2.24, 2.45) is 11.3 Å². The first-order valence-corrected chi connectivity index (χ1v) is 15.2. The summed E-state index contributed by atoms with van der Waals surface area (Å²) in [5, 5.41) is 41.1. The molecule has 2 aromatic carbocycles. The van der Waals surface area contributed by atoms with Gasteiger partial charge in [-0.15, -0.1) is 5.10 Å². The Kier molecular flexibility index (Phi) is 8.36. The second-order valence-electron chi connectivity index (χ2n) is 13.3. The molecule has 0 bridgehead atoms. The van der Waals surface area contributed by atoms with Crippen LogP contribution in [0.2, 0.25) is 0 Å². The fraction of sp³-hybridized carbons (Fsp3) is 0.486. The van der Waals surface area contributed by atoms with E-state index < -0.39 is 0 Å². The van der Waals surface area contributed by atoms with Crippen molar-refractivity contribution in [3.63, 3.8) is 0 Å². The van der Waals surface area contributed by atoms with Gasteiger partial charge in [-0.05, 0) is 89.8 Å². The van der Waals surface area contributed by atoms with Gasteiger partial charge in [-0.3, -0.25) is 0 Å². The Morgan fingerprint density at radius 3 is 2.49 bits per heavy atom. The van der Waals surface area contributed by atoms with Gasteiger partial charge < -0.3 is 24.8 Å². The summed E-state index contributed by atoms with van der Waals surface area (Å²) in [5.74, 6) is 1.53. The zero-order valence-electron chi connectivity index (χ0n) is 26.4. The van der Waals surface area contributed by atoms with Gasteiger partial charge in [0.1, 0.15) is 22.8 Å². The predicted octanol–water partition coefficient (Wildman–Crippen LogP) is 7.08. The SMILES string of the molecule is COc1cc(-n2cc(-c3cc(O)c(C/C=C(\C)CCC=C(C)C)c(O)c3)nn2)cc2c1O[C@]1(C)CC[C@@H](O)C(C)(C)[C@H]1C2. The maximum atomic E-state index is 10.8. The molecule has 0 radical (unpaired) electrons. The van der Waals surface area contributed by atoms with Gasteiger partial charge in [-0.1, -0.05) is 42.4 Å². The van der Waals surface area contributed by atoms with Gasteiger partial charge in [0.15, 0.2) is 11.5 Å². The number of aliphatic hydroxyl groups excluding tert-OH is 1. The van der Waals surface area contributed by atoms with Gasteiger partial charge in [0.05, 0.1) is 25.1 Å².